The Labute approximate surface area is 178 Å². The molecular weight excluding hydrogens is 406 g/mol. The summed E-state index contributed by atoms with van der Waals surface area (Å²) in [6, 6.07) is 12.4. The van der Waals surface area contributed by atoms with Crippen LogP contribution in [0.1, 0.15) is 5.56 Å². The van der Waals surface area contributed by atoms with Crippen molar-refractivity contribution in [3.63, 3.8) is 0 Å². The number of thioether (sulfide) groups is 1. The maximum atomic E-state index is 13.2. The summed E-state index contributed by atoms with van der Waals surface area (Å²) in [6.45, 7) is -0.176. The lowest BCUT2D eigenvalue weighted by atomic mass is 10.1. The topological polar surface area (TPSA) is 97.0 Å². The van der Waals surface area contributed by atoms with Crippen LogP contribution < -0.4 is 20.3 Å². The average molecular weight is 429 g/mol. The molecule has 0 saturated heterocycles. The van der Waals surface area contributed by atoms with Crippen molar-refractivity contribution in [2.45, 2.75) is 16.6 Å². The van der Waals surface area contributed by atoms with E-state index in [0.717, 1.165) is 16.2 Å². The largest absolute Gasteiger partial charge is 0.497 e. The van der Waals surface area contributed by atoms with E-state index in [1.807, 2.05) is 24.3 Å². The van der Waals surface area contributed by atoms with Crippen LogP contribution in [0.25, 0.3) is 0 Å². The highest BCUT2D eigenvalue weighted by atomic mass is 32.2. The molecule has 9 heteroatoms. The van der Waals surface area contributed by atoms with Gasteiger partial charge in [-0.25, -0.2) is 4.79 Å². The second kappa shape index (κ2) is 9.53. The second-order valence-electron chi connectivity index (χ2n) is 6.55. The van der Waals surface area contributed by atoms with Gasteiger partial charge >= 0.3 is 12.0 Å². The second-order valence-corrected chi connectivity index (χ2v) is 7.79. The fourth-order valence-corrected chi connectivity index (χ4v) is 4.36. The predicted octanol–water partition coefficient (Wildman–Crippen LogP) is 2.67. The molecule has 0 bridgehead atoms. The quantitative estimate of drug-likeness (QED) is 0.686. The van der Waals surface area contributed by atoms with Crippen molar-refractivity contribution >= 4 is 41.0 Å². The number of amides is 3. The number of carbonyl (C=O) groups is 3. The number of benzene rings is 2. The number of esters is 1. The molecule has 0 aromatic heterocycles. The third-order valence-corrected chi connectivity index (χ3v) is 5.88. The number of nitrogens with zero attached hydrogens (tertiary/aromatic N) is 1. The van der Waals surface area contributed by atoms with E-state index in [2.05, 4.69) is 10.6 Å². The molecule has 1 heterocycles. The summed E-state index contributed by atoms with van der Waals surface area (Å²) in [6.07, 6.45) is 0.484. The molecule has 0 aliphatic carbocycles. The van der Waals surface area contributed by atoms with E-state index in [0.29, 0.717) is 17.8 Å². The van der Waals surface area contributed by atoms with Crippen LogP contribution in [0.2, 0.25) is 0 Å². The SMILES string of the molecule is CNC(=O)Nc1ccc2c(c1)SC(Cc1ccc(OC)cc1)C(=O)N2CC(=O)OC. The van der Waals surface area contributed by atoms with Crippen molar-refractivity contribution in [3.8, 4) is 5.75 Å². The Hall–Kier alpha value is -3.20. The van der Waals surface area contributed by atoms with E-state index in [1.54, 1.807) is 25.3 Å². The molecule has 2 N–H and O–H groups in total. The number of anilines is 2. The Morgan fingerprint density at radius 2 is 1.87 bits per heavy atom. The van der Waals surface area contributed by atoms with E-state index in [1.165, 1.54) is 30.8 Å². The third-order valence-electron chi connectivity index (χ3n) is 4.64. The molecule has 1 atom stereocenters. The smallest absolute Gasteiger partial charge is 0.325 e. The zero-order chi connectivity index (χ0) is 21.7. The number of nitrogens with one attached hydrogen (secondary N) is 2. The Morgan fingerprint density at radius 3 is 2.50 bits per heavy atom. The molecule has 158 valence electrons. The van der Waals surface area contributed by atoms with Gasteiger partial charge in [-0.05, 0) is 42.3 Å². The van der Waals surface area contributed by atoms with Crippen molar-refractivity contribution in [2.24, 2.45) is 0 Å². The molecule has 3 amide bonds. The van der Waals surface area contributed by atoms with Gasteiger partial charge in [-0.15, -0.1) is 11.8 Å². The first kappa shape index (κ1) is 21.5. The Morgan fingerprint density at radius 1 is 1.13 bits per heavy atom. The number of hydrogen-bond acceptors (Lipinski definition) is 6. The highest BCUT2D eigenvalue weighted by Gasteiger charge is 2.35. The normalized spacial score (nSPS) is 15.2. The van der Waals surface area contributed by atoms with Crippen molar-refractivity contribution in [1.29, 1.82) is 0 Å². The zero-order valence-electron chi connectivity index (χ0n) is 16.9. The van der Waals surface area contributed by atoms with Crippen LogP contribution in [-0.4, -0.2) is 51.0 Å². The van der Waals surface area contributed by atoms with Crippen LogP contribution in [0.5, 0.6) is 5.75 Å². The standard InChI is InChI=1S/C21H23N3O5S/c1-22-21(27)23-14-6-9-16-17(11-14)30-18(20(26)24(16)12-19(25)29-3)10-13-4-7-15(28-2)8-5-13/h4-9,11,18H,10,12H2,1-3H3,(H2,22,23,27). The van der Waals surface area contributed by atoms with Crippen molar-refractivity contribution in [1.82, 2.24) is 5.32 Å². The highest BCUT2D eigenvalue weighted by Crippen LogP contribution is 2.41. The van der Waals surface area contributed by atoms with E-state index >= 15 is 0 Å². The molecule has 0 fully saturated rings. The number of urea groups is 1. The fraction of sp³-hybridized carbons (Fsp3) is 0.286. The predicted molar refractivity (Wildman–Crippen MR) is 115 cm³/mol. The summed E-state index contributed by atoms with van der Waals surface area (Å²) in [5.41, 5.74) is 2.18. The van der Waals surface area contributed by atoms with Crippen LogP contribution >= 0.6 is 11.8 Å². The van der Waals surface area contributed by atoms with Crippen LogP contribution in [0.4, 0.5) is 16.2 Å². The molecule has 1 aliphatic rings. The van der Waals surface area contributed by atoms with Gasteiger partial charge in [0.2, 0.25) is 5.91 Å². The number of rotatable bonds is 6. The lowest BCUT2D eigenvalue weighted by Crippen LogP contribution is -2.44. The van der Waals surface area contributed by atoms with Crippen molar-refractivity contribution < 1.29 is 23.9 Å². The van der Waals surface area contributed by atoms with Crippen molar-refractivity contribution in [3.05, 3.63) is 48.0 Å². The van der Waals surface area contributed by atoms with E-state index in [9.17, 15) is 14.4 Å². The average Bonchev–Trinajstić information content (AvgIpc) is 2.76. The van der Waals surface area contributed by atoms with E-state index in [4.69, 9.17) is 9.47 Å². The number of fused-ring (bicyclic) bond motifs is 1. The maximum absolute atomic E-state index is 13.2. The summed E-state index contributed by atoms with van der Waals surface area (Å²) in [7, 11) is 4.42. The van der Waals surface area contributed by atoms with Gasteiger partial charge in [-0.2, -0.15) is 0 Å². The fourth-order valence-electron chi connectivity index (χ4n) is 3.06. The number of ether oxygens (including phenoxy) is 2. The van der Waals surface area contributed by atoms with Crippen LogP contribution in [0.15, 0.2) is 47.4 Å². The summed E-state index contributed by atoms with van der Waals surface area (Å²) < 4.78 is 9.95. The summed E-state index contributed by atoms with van der Waals surface area (Å²) >= 11 is 1.41. The maximum Gasteiger partial charge on any atom is 0.325 e. The molecule has 2 aromatic carbocycles. The zero-order valence-corrected chi connectivity index (χ0v) is 17.7. The monoisotopic (exact) mass is 429 g/mol. The number of hydrogen-bond donors (Lipinski definition) is 2. The molecule has 0 saturated carbocycles. The minimum absolute atomic E-state index is 0.166. The molecule has 3 rings (SSSR count). The van der Waals surface area contributed by atoms with Crippen molar-refractivity contribution in [2.75, 3.05) is 38.0 Å². The molecule has 1 unspecified atom stereocenters. The molecule has 2 aromatic rings. The molecule has 30 heavy (non-hydrogen) atoms. The van der Waals surface area contributed by atoms with Gasteiger partial charge in [0.15, 0.2) is 0 Å². The first-order valence-corrected chi connectivity index (χ1v) is 10.1. The van der Waals surface area contributed by atoms with E-state index < -0.39 is 11.2 Å². The Bertz CT molecular complexity index is 948. The number of carbonyl (C=O) groups excluding carboxylic acids is 3. The first-order valence-electron chi connectivity index (χ1n) is 9.25. The van der Waals surface area contributed by atoms with Gasteiger partial charge in [0.1, 0.15) is 12.3 Å². The van der Waals surface area contributed by atoms with Crippen LogP contribution in [-0.2, 0) is 20.7 Å². The summed E-state index contributed by atoms with van der Waals surface area (Å²) in [5, 5.41) is 4.80. The minimum atomic E-state index is -0.503. The lowest BCUT2D eigenvalue weighted by molar-refractivity contribution is -0.140. The summed E-state index contributed by atoms with van der Waals surface area (Å²) in [4.78, 5) is 39.0. The minimum Gasteiger partial charge on any atom is -0.497 e. The highest BCUT2D eigenvalue weighted by molar-refractivity contribution is 8.01. The lowest BCUT2D eigenvalue weighted by Gasteiger charge is -2.33. The Balaban J connectivity index is 1.90. The van der Waals surface area contributed by atoms with Gasteiger partial charge < -0.3 is 20.1 Å². The molecular formula is C21H23N3O5S. The van der Waals surface area contributed by atoms with Gasteiger partial charge in [-0.3, -0.25) is 14.5 Å². The van der Waals surface area contributed by atoms with Crippen LogP contribution in [0, 0.1) is 0 Å². The third kappa shape index (κ3) is 4.85. The molecule has 8 nitrogen and oxygen atoms in total. The van der Waals surface area contributed by atoms with E-state index in [-0.39, 0.29) is 18.5 Å². The Kier molecular flexibility index (Phi) is 6.83. The van der Waals surface area contributed by atoms with Crippen LogP contribution in [0.3, 0.4) is 0 Å². The van der Waals surface area contributed by atoms with Gasteiger partial charge in [0, 0.05) is 17.6 Å². The van der Waals surface area contributed by atoms with Gasteiger partial charge in [-0.1, -0.05) is 12.1 Å². The molecule has 0 radical (unpaired) electrons. The molecule has 1 aliphatic heterocycles. The molecule has 0 spiro atoms. The van der Waals surface area contributed by atoms with Gasteiger partial charge in [0.05, 0.1) is 25.2 Å². The number of methoxy groups -OCH3 is 2. The summed E-state index contributed by atoms with van der Waals surface area (Å²) in [5.74, 6) is 0.0710. The van der Waals surface area contributed by atoms with Gasteiger partial charge in [0.25, 0.3) is 0 Å². The first-order chi connectivity index (χ1) is 14.4.